The Morgan fingerprint density at radius 2 is 2.25 bits per heavy atom. The number of aromatic amines is 1. The normalized spacial score (nSPS) is 23.9. The number of imidazole rings is 1. The lowest BCUT2D eigenvalue weighted by Gasteiger charge is -2.16. The maximum Gasteiger partial charge on any atom is 0.303 e. The molecule has 2 atom stereocenters. The molecule has 1 fully saturated rings. The van der Waals surface area contributed by atoms with Crippen molar-refractivity contribution in [2.45, 2.75) is 37.1 Å². The van der Waals surface area contributed by atoms with Crippen molar-refractivity contribution in [2.24, 2.45) is 0 Å². The highest BCUT2D eigenvalue weighted by Crippen LogP contribution is 2.67. The maximum absolute atomic E-state index is 14.5. The Balaban J connectivity index is 1.77. The van der Waals surface area contributed by atoms with E-state index < -0.39 is 23.0 Å². The SMILES string of the molecule is O=C(O)CCc1[nH]c(=S)n2c1[C@@H]1C[C@]1(c1c(F)ccc(Cl)c1F)C2. The van der Waals surface area contributed by atoms with Crippen LogP contribution in [-0.2, 0) is 23.2 Å². The van der Waals surface area contributed by atoms with Gasteiger partial charge in [-0.05, 0) is 37.2 Å². The number of nitrogens with zero attached hydrogens (tertiary/aromatic N) is 1. The van der Waals surface area contributed by atoms with Gasteiger partial charge >= 0.3 is 5.97 Å². The molecule has 1 aliphatic carbocycles. The lowest BCUT2D eigenvalue weighted by Crippen LogP contribution is -2.17. The minimum atomic E-state index is -0.902. The monoisotopic (exact) mass is 370 g/mol. The Bertz CT molecular complexity index is 939. The fraction of sp³-hybridized carbons (Fsp3) is 0.375. The second-order valence-electron chi connectivity index (χ2n) is 6.40. The molecule has 2 aromatic rings. The molecule has 4 nitrogen and oxygen atoms in total. The molecule has 0 spiro atoms. The Labute approximate surface area is 146 Å². The summed E-state index contributed by atoms with van der Waals surface area (Å²) < 4.78 is 31.1. The van der Waals surface area contributed by atoms with Gasteiger partial charge in [-0.1, -0.05) is 11.6 Å². The number of aliphatic carboxylic acids is 1. The van der Waals surface area contributed by atoms with Gasteiger partial charge in [0.05, 0.1) is 11.4 Å². The lowest BCUT2D eigenvalue weighted by atomic mass is 9.92. The van der Waals surface area contributed by atoms with E-state index >= 15 is 0 Å². The molecule has 2 heterocycles. The standard InChI is InChI=1S/C16H13ClF2N2O2S/c17-8-1-2-9(18)12(13(8)19)16-5-7(16)14-10(3-4-11(22)23)20-15(24)21(14)6-16/h1-2,7H,3-6H2,(H,20,24)(H,22,23)/t7-,16-/m0/s1. The molecular formula is C16H13ClF2N2O2S. The first-order valence-electron chi connectivity index (χ1n) is 7.52. The van der Waals surface area contributed by atoms with Crippen molar-refractivity contribution in [3.05, 3.63) is 50.5 Å². The molecule has 0 radical (unpaired) electrons. The molecule has 2 N–H and O–H groups in total. The van der Waals surface area contributed by atoms with Gasteiger partial charge in [0, 0.05) is 34.8 Å². The summed E-state index contributed by atoms with van der Waals surface area (Å²) in [5, 5.41) is 8.78. The van der Waals surface area contributed by atoms with E-state index in [0.29, 0.717) is 24.2 Å². The van der Waals surface area contributed by atoms with Crippen LogP contribution in [0.25, 0.3) is 0 Å². The molecule has 1 aliphatic heterocycles. The average molecular weight is 371 g/mol. The van der Waals surface area contributed by atoms with Crippen molar-refractivity contribution >= 4 is 29.8 Å². The number of benzene rings is 1. The highest BCUT2D eigenvalue weighted by atomic mass is 35.5. The largest absolute Gasteiger partial charge is 0.481 e. The van der Waals surface area contributed by atoms with E-state index in [9.17, 15) is 13.6 Å². The third-order valence-electron chi connectivity index (χ3n) is 5.08. The summed E-state index contributed by atoms with van der Waals surface area (Å²) in [6, 6.07) is 2.40. The van der Waals surface area contributed by atoms with Crippen LogP contribution in [-0.4, -0.2) is 20.6 Å². The molecule has 2 aliphatic rings. The summed E-state index contributed by atoms with van der Waals surface area (Å²) >= 11 is 11.1. The van der Waals surface area contributed by atoms with Gasteiger partial charge in [-0.3, -0.25) is 4.79 Å². The van der Waals surface area contributed by atoms with Crippen LogP contribution in [0.15, 0.2) is 12.1 Å². The van der Waals surface area contributed by atoms with Gasteiger partial charge in [0.15, 0.2) is 4.77 Å². The summed E-state index contributed by atoms with van der Waals surface area (Å²) in [7, 11) is 0. The number of aryl methyl sites for hydroxylation is 1. The Kier molecular flexibility index (Phi) is 3.37. The number of halogens is 3. The van der Waals surface area contributed by atoms with Gasteiger partial charge < -0.3 is 14.7 Å². The van der Waals surface area contributed by atoms with Crippen LogP contribution < -0.4 is 0 Å². The second-order valence-corrected chi connectivity index (χ2v) is 7.20. The van der Waals surface area contributed by atoms with Crippen LogP contribution in [0.5, 0.6) is 0 Å². The van der Waals surface area contributed by atoms with Gasteiger partial charge in [-0.2, -0.15) is 0 Å². The van der Waals surface area contributed by atoms with Crippen LogP contribution >= 0.6 is 23.8 Å². The Hall–Kier alpha value is -1.73. The van der Waals surface area contributed by atoms with Gasteiger partial charge in [0.25, 0.3) is 0 Å². The van der Waals surface area contributed by atoms with E-state index in [-0.39, 0.29) is 22.9 Å². The molecule has 0 bridgehead atoms. The van der Waals surface area contributed by atoms with E-state index in [2.05, 4.69) is 4.98 Å². The zero-order chi connectivity index (χ0) is 17.2. The second kappa shape index (κ2) is 5.13. The number of carboxylic acid groups (broad SMARTS) is 1. The van der Waals surface area contributed by atoms with Crippen molar-refractivity contribution in [2.75, 3.05) is 0 Å². The quantitative estimate of drug-likeness (QED) is 0.633. The first-order valence-corrected chi connectivity index (χ1v) is 8.31. The smallest absolute Gasteiger partial charge is 0.303 e. The predicted molar refractivity (Wildman–Crippen MR) is 86.0 cm³/mol. The van der Waals surface area contributed by atoms with E-state index in [1.165, 1.54) is 12.1 Å². The number of hydrogen-bond acceptors (Lipinski definition) is 2. The number of aromatic nitrogens is 2. The molecule has 8 heteroatoms. The molecule has 1 aromatic carbocycles. The van der Waals surface area contributed by atoms with Crippen molar-refractivity contribution in [3.8, 4) is 0 Å². The minimum Gasteiger partial charge on any atom is -0.481 e. The van der Waals surface area contributed by atoms with E-state index in [4.69, 9.17) is 28.9 Å². The average Bonchev–Trinajstić information content (AvgIpc) is 2.99. The van der Waals surface area contributed by atoms with Gasteiger partial charge in [0.1, 0.15) is 11.6 Å². The highest BCUT2D eigenvalue weighted by molar-refractivity contribution is 7.71. The lowest BCUT2D eigenvalue weighted by molar-refractivity contribution is -0.136. The first-order chi connectivity index (χ1) is 11.3. The third-order valence-corrected chi connectivity index (χ3v) is 5.69. The molecule has 126 valence electrons. The maximum atomic E-state index is 14.5. The molecule has 1 saturated carbocycles. The molecule has 24 heavy (non-hydrogen) atoms. The van der Waals surface area contributed by atoms with Crippen molar-refractivity contribution < 1.29 is 18.7 Å². The highest BCUT2D eigenvalue weighted by Gasteiger charge is 2.64. The van der Waals surface area contributed by atoms with Crippen LogP contribution in [0.2, 0.25) is 5.02 Å². The van der Waals surface area contributed by atoms with Crippen LogP contribution in [0.4, 0.5) is 8.78 Å². The minimum absolute atomic E-state index is 0.0160. The molecule has 0 unspecified atom stereocenters. The van der Waals surface area contributed by atoms with E-state index in [0.717, 1.165) is 11.4 Å². The summed E-state index contributed by atoms with van der Waals surface area (Å²) in [6.45, 7) is 0.379. The van der Waals surface area contributed by atoms with Crippen molar-refractivity contribution in [1.82, 2.24) is 9.55 Å². The zero-order valence-corrected chi connectivity index (χ0v) is 14.0. The molecule has 0 saturated heterocycles. The Morgan fingerprint density at radius 3 is 2.96 bits per heavy atom. The van der Waals surface area contributed by atoms with Crippen molar-refractivity contribution in [3.63, 3.8) is 0 Å². The van der Waals surface area contributed by atoms with Gasteiger partial charge in [-0.25, -0.2) is 8.78 Å². The van der Waals surface area contributed by atoms with Crippen LogP contribution in [0.3, 0.4) is 0 Å². The van der Waals surface area contributed by atoms with Gasteiger partial charge in [0.2, 0.25) is 0 Å². The Morgan fingerprint density at radius 1 is 1.50 bits per heavy atom. The summed E-state index contributed by atoms with van der Waals surface area (Å²) in [4.78, 5) is 13.9. The summed E-state index contributed by atoms with van der Waals surface area (Å²) in [5.74, 6) is -2.29. The number of fused-ring (bicyclic) bond motifs is 3. The number of carbonyl (C=O) groups is 1. The topological polar surface area (TPSA) is 58.0 Å². The first kappa shape index (κ1) is 15.8. The van der Waals surface area contributed by atoms with E-state index in [1.54, 1.807) is 0 Å². The van der Waals surface area contributed by atoms with Gasteiger partial charge in [-0.15, -0.1) is 0 Å². The third kappa shape index (κ3) is 2.07. The van der Waals surface area contributed by atoms with Crippen molar-refractivity contribution in [1.29, 1.82) is 0 Å². The summed E-state index contributed by atoms with van der Waals surface area (Å²) in [5.41, 5.74) is 0.964. The molecule has 4 rings (SSSR count). The molecule has 0 amide bonds. The van der Waals surface area contributed by atoms with E-state index in [1.807, 2.05) is 4.57 Å². The number of rotatable bonds is 4. The predicted octanol–water partition coefficient (Wildman–Crippen LogP) is 3.93. The fourth-order valence-corrected chi connectivity index (χ4v) is 4.41. The number of nitrogens with one attached hydrogen (secondary N) is 1. The van der Waals surface area contributed by atoms with Crippen LogP contribution in [0.1, 0.15) is 35.7 Å². The van der Waals surface area contributed by atoms with Crippen LogP contribution in [0, 0.1) is 16.4 Å². The number of hydrogen-bond donors (Lipinski definition) is 2. The fourth-order valence-electron chi connectivity index (χ4n) is 3.97. The number of H-pyrrole nitrogens is 1. The molecule has 1 aromatic heterocycles. The molecular weight excluding hydrogens is 358 g/mol. The summed E-state index contributed by atoms with van der Waals surface area (Å²) in [6.07, 6.45) is 0.893. The zero-order valence-electron chi connectivity index (χ0n) is 12.4. The number of carboxylic acids is 1.